The van der Waals surface area contributed by atoms with Crippen LogP contribution in [0.1, 0.15) is 73.6 Å². The van der Waals surface area contributed by atoms with Crippen molar-refractivity contribution >= 4 is 11.6 Å². The summed E-state index contributed by atoms with van der Waals surface area (Å²) in [6, 6.07) is 32.8. The fourth-order valence-electron chi connectivity index (χ4n) is 11.3. The molecule has 10 nitrogen and oxygen atoms in total. The molecule has 2 aliphatic heterocycles. The number of nitrogens with one attached hydrogen (secondary N) is 1. The van der Waals surface area contributed by atoms with Gasteiger partial charge >= 0.3 is 0 Å². The normalized spacial score (nSPS) is 27.6. The Morgan fingerprint density at radius 3 is 2.35 bits per heavy atom. The van der Waals surface area contributed by atoms with Crippen molar-refractivity contribution in [3.63, 3.8) is 0 Å². The fraction of sp³-hybridized carbons (Fsp3) is 0.481. The standard InChI is InChI=1S/C52H67N5O5/c1-33-44-27-41(52(44,4)5)28-45(33)53-34(2)49-48(35(3)59)47(32-58)62-57(49)30-38-20-15-21-43(50(38)61-8)39-24-40(26-42(25-39)54(6)7)51(60)56-23-22-55(29-36-16-11-9-12-17-36)31-46(56)37-18-13-10-14-19-37/h9-21,24-26,33,35,41,44-49,53,58-59H,2,22-23,27-32H2,1,3-8H3/t33-,35-,41+,44-,45-,46?,47-,48+,49+/m0/s1. The third-order valence-electron chi connectivity index (χ3n) is 15.0. The number of para-hydroxylation sites is 1. The molecule has 2 saturated heterocycles. The maximum Gasteiger partial charge on any atom is 0.254 e. The van der Waals surface area contributed by atoms with Crippen LogP contribution in [0.15, 0.2) is 109 Å². The Balaban J connectivity index is 1.08. The number of anilines is 1. The highest BCUT2D eigenvalue weighted by Crippen LogP contribution is 2.61. The topological polar surface area (TPSA) is 101 Å². The first-order valence-electron chi connectivity index (χ1n) is 22.6. The third-order valence-corrected chi connectivity index (χ3v) is 15.0. The smallest absolute Gasteiger partial charge is 0.254 e. The lowest BCUT2D eigenvalue weighted by Crippen LogP contribution is -2.60. The number of benzene rings is 4. The van der Waals surface area contributed by atoms with Crippen molar-refractivity contribution in [3.8, 4) is 16.9 Å². The number of methoxy groups -OCH3 is 1. The lowest BCUT2D eigenvalue weighted by atomic mass is 9.44. The maximum atomic E-state index is 14.9. The second-order valence-corrected chi connectivity index (χ2v) is 19.2. The van der Waals surface area contributed by atoms with Crippen LogP contribution in [0.25, 0.3) is 11.1 Å². The van der Waals surface area contributed by atoms with E-state index in [0.29, 0.717) is 47.6 Å². The number of fused-ring (bicyclic) bond motifs is 2. The Bertz CT molecular complexity index is 2200. The number of carbonyl (C=O) groups is 1. The molecule has 62 heavy (non-hydrogen) atoms. The summed E-state index contributed by atoms with van der Waals surface area (Å²) >= 11 is 0. The van der Waals surface area contributed by atoms with E-state index < -0.39 is 24.2 Å². The van der Waals surface area contributed by atoms with Gasteiger partial charge in [0.05, 0.1) is 38.4 Å². The van der Waals surface area contributed by atoms with Crippen molar-refractivity contribution in [1.29, 1.82) is 0 Å². The molecule has 330 valence electrons. The number of hydrogen-bond acceptors (Lipinski definition) is 9. The summed E-state index contributed by atoms with van der Waals surface area (Å²) in [6.45, 7) is 16.5. The summed E-state index contributed by atoms with van der Waals surface area (Å²) in [5, 5.41) is 27.4. The van der Waals surface area contributed by atoms with Gasteiger partial charge in [-0.25, -0.2) is 0 Å². The van der Waals surface area contributed by atoms with E-state index >= 15 is 0 Å². The zero-order valence-electron chi connectivity index (χ0n) is 37.7. The second kappa shape index (κ2) is 18.2. The zero-order chi connectivity index (χ0) is 43.9. The van der Waals surface area contributed by atoms with Gasteiger partial charge in [0.1, 0.15) is 11.9 Å². The first-order valence-corrected chi connectivity index (χ1v) is 22.6. The molecule has 0 aromatic heterocycles. The van der Waals surface area contributed by atoms with E-state index in [2.05, 4.69) is 80.0 Å². The molecule has 9 rings (SSSR count). The van der Waals surface area contributed by atoms with Gasteiger partial charge in [0, 0.05) is 80.3 Å². The third kappa shape index (κ3) is 8.52. The quantitative estimate of drug-likeness (QED) is 0.118. The van der Waals surface area contributed by atoms with E-state index in [4.69, 9.17) is 9.57 Å². The van der Waals surface area contributed by atoms with Crippen molar-refractivity contribution in [3.05, 3.63) is 132 Å². The summed E-state index contributed by atoms with van der Waals surface area (Å²) in [5.41, 5.74) is 7.66. The summed E-state index contributed by atoms with van der Waals surface area (Å²) in [6.07, 6.45) is 1.02. The molecule has 10 heteroatoms. The molecule has 1 unspecified atom stereocenters. The average molecular weight is 842 g/mol. The molecular weight excluding hydrogens is 775 g/mol. The number of aliphatic hydroxyl groups excluding tert-OH is 2. The van der Waals surface area contributed by atoms with Crippen LogP contribution in [0.3, 0.4) is 0 Å². The van der Waals surface area contributed by atoms with E-state index in [0.717, 1.165) is 59.7 Å². The van der Waals surface area contributed by atoms with Gasteiger partial charge in [-0.1, -0.05) is 106 Å². The minimum atomic E-state index is -0.747. The van der Waals surface area contributed by atoms with Gasteiger partial charge in [-0.15, -0.1) is 0 Å². The van der Waals surface area contributed by atoms with Crippen LogP contribution in [0.5, 0.6) is 5.75 Å². The number of carbonyl (C=O) groups excluding carboxylic acids is 1. The van der Waals surface area contributed by atoms with Gasteiger partial charge in [-0.05, 0) is 77.8 Å². The number of rotatable bonds is 14. The predicted molar refractivity (Wildman–Crippen MR) is 246 cm³/mol. The molecule has 4 aromatic carbocycles. The van der Waals surface area contributed by atoms with Crippen molar-refractivity contribution in [2.24, 2.45) is 29.1 Å². The molecule has 9 atom stereocenters. The van der Waals surface area contributed by atoms with Gasteiger partial charge < -0.3 is 30.1 Å². The van der Waals surface area contributed by atoms with Gasteiger partial charge in [-0.3, -0.25) is 14.5 Å². The minimum absolute atomic E-state index is 0.00929. The molecule has 3 N–H and O–H groups in total. The first-order chi connectivity index (χ1) is 29.8. The molecule has 0 spiro atoms. The zero-order valence-corrected chi connectivity index (χ0v) is 37.7. The summed E-state index contributed by atoms with van der Waals surface area (Å²) in [7, 11) is 5.67. The van der Waals surface area contributed by atoms with Crippen LogP contribution in [0.4, 0.5) is 5.69 Å². The van der Waals surface area contributed by atoms with E-state index in [-0.39, 0.29) is 24.6 Å². The van der Waals surface area contributed by atoms with E-state index in [1.54, 1.807) is 14.0 Å². The maximum absolute atomic E-state index is 14.9. The minimum Gasteiger partial charge on any atom is -0.496 e. The Kier molecular flexibility index (Phi) is 12.9. The first kappa shape index (κ1) is 43.9. The van der Waals surface area contributed by atoms with Gasteiger partial charge in [0.15, 0.2) is 0 Å². The summed E-state index contributed by atoms with van der Waals surface area (Å²) < 4.78 is 6.26. The Morgan fingerprint density at radius 2 is 1.71 bits per heavy atom. The van der Waals surface area contributed by atoms with Gasteiger partial charge in [0.25, 0.3) is 5.91 Å². The number of piperazine rings is 1. The van der Waals surface area contributed by atoms with Crippen molar-refractivity contribution in [2.45, 2.75) is 84.0 Å². The van der Waals surface area contributed by atoms with Gasteiger partial charge in [0.2, 0.25) is 0 Å². The molecule has 2 heterocycles. The molecule has 5 aliphatic rings. The summed E-state index contributed by atoms with van der Waals surface area (Å²) in [4.78, 5) is 27.9. The van der Waals surface area contributed by atoms with E-state index in [1.165, 1.54) is 12.0 Å². The molecule has 4 aromatic rings. The largest absolute Gasteiger partial charge is 0.496 e. The Morgan fingerprint density at radius 1 is 0.984 bits per heavy atom. The molecular formula is C52H67N5O5. The fourth-order valence-corrected chi connectivity index (χ4v) is 11.3. The van der Waals surface area contributed by atoms with E-state index in [9.17, 15) is 15.0 Å². The lowest BCUT2D eigenvalue weighted by Gasteiger charge is -2.62. The van der Waals surface area contributed by atoms with Gasteiger partial charge in [-0.2, -0.15) is 5.06 Å². The SMILES string of the molecule is C=C(N[C@H]1C[C@H]2C[C@@H]([C@@H]1C)C2(C)C)[C@@H]1[C@H]([C@H](C)O)[C@H](CO)ON1Cc1cccc(-c2cc(C(=O)N3CCN(Cc4ccccc4)CC3c3ccccc3)cc(N(C)C)c2)c1OC. The molecule has 0 radical (unpaired) electrons. The van der Waals surface area contributed by atoms with Crippen molar-refractivity contribution in [1.82, 2.24) is 20.2 Å². The Labute approximate surface area is 369 Å². The van der Waals surface area contributed by atoms with Crippen LogP contribution in [0, 0.1) is 29.1 Å². The second-order valence-electron chi connectivity index (χ2n) is 19.2. The van der Waals surface area contributed by atoms with Crippen molar-refractivity contribution in [2.75, 3.05) is 52.3 Å². The van der Waals surface area contributed by atoms with Crippen LogP contribution in [0.2, 0.25) is 0 Å². The number of amides is 1. The molecule has 3 aliphatic carbocycles. The number of aliphatic hydroxyl groups is 2. The molecule has 2 bridgehead atoms. The number of ether oxygens (including phenoxy) is 1. The Hall–Kier alpha value is -4.71. The van der Waals surface area contributed by atoms with E-state index in [1.807, 2.05) is 83.6 Å². The summed E-state index contributed by atoms with van der Waals surface area (Å²) in [5.74, 6) is 2.09. The number of hydroxylamine groups is 2. The van der Waals surface area contributed by atoms with Crippen LogP contribution < -0.4 is 15.0 Å². The highest BCUT2D eigenvalue weighted by molar-refractivity contribution is 5.97. The highest BCUT2D eigenvalue weighted by Gasteiger charge is 2.57. The number of hydrogen-bond donors (Lipinski definition) is 3. The lowest BCUT2D eigenvalue weighted by molar-refractivity contribution is -0.175. The molecule has 5 fully saturated rings. The number of nitrogens with zero attached hydrogens (tertiary/aromatic N) is 4. The predicted octanol–water partition coefficient (Wildman–Crippen LogP) is 7.78. The van der Waals surface area contributed by atoms with Crippen LogP contribution in [-0.2, 0) is 17.9 Å². The van der Waals surface area contributed by atoms with Crippen LogP contribution >= 0.6 is 0 Å². The van der Waals surface area contributed by atoms with Crippen LogP contribution in [-0.4, -0.2) is 103 Å². The molecule has 1 amide bonds. The average Bonchev–Trinajstić information content (AvgIpc) is 3.65. The van der Waals surface area contributed by atoms with Crippen molar-refractivity contribution < 1.29 is 24.6 Å². The monoisotopic (exact) mass is 842 g/mol. The highest BCUT2D eigenvalue weighted by atomic mass is 16.7. The molecule has 3 saturated carbocycles.